The third-order valence-corrected chi connectivity index (χ3v) is 2.60. The van der Waals surface area contributed by atoms with Crippen LogP contribution in [0.3, 0.4) is 0 Å². The summed E-state index contributed by atoms with van der Waals surface area (Å²) in [5.74, 6) is 0.844. The van der Waals surface area contributed by atoms with E-state index in [0.717, 1.165) is 34.7 Å². The van der Waals surface area contributed by atoms with Crippen LogP contribution in [0.4, 0.5) is 0 Å². The Labute approximate surface area is 92.2 Å². The van der Waals surface area contributed by atoms with E-state index in [9.17, 15) is 0 Å². The van der Waals surface area contributed by atoms with Gasteiger partial charge in [0.25, 0.3) is 0 Å². The van der Waals surface area contributed by atoms with E-state index in [0.29, 0.717) is 0 Å². The number of ether oxygens (including phenoxy) is 1. The Balaban J connectivity index is 2.71. The molecular formula is C10H12BrClO. The molecule has 1 aromatic rings. The molecule has 0 spiro atoms. The van der Waals surface area contributed by atoms with E-state index >= 15 is 0 Å². The van der Waals surface area contributed by atoms with Gasteiger partial charge in [-0.1, -0.05) is 40.5 Å². The number of hydrogen-bond acceptors (Lipinski definition) is 1. The zero-order chi connectivity index (χ0) is 9.68. The highest BCUT2D eigenvalue weighted by Crippen LogP contribution is 2.24. The molecule has 72 valence electrons. The predicted octanol–water partition coefficient (Wildman–Crippen LogP) is 4.02. The predicted molar refractivity (Wildman–Crippen MR) is 59.9 cm³/mol. The second-order valence-electron chi connectivity index (χ2n) is 2.74. The summed E-state index contributed by atoms with van der Waals surface area (Å²) >= 11 is 9.36. The Bertz CT molecular complexity index is 276. The Kier molecular flexibility index (Phi) is 4.60. The summed E-state index contributed by atoms with van der Waals surface area (Å²) in [5.41, 5.74) is 1.09. The summed E-state index contributed by atoms with van der Waals surface area (Å²) in [4.78, 5) is 0. The van der Waals surface area contributed by atoms with Gasteiger partial charge in [0.15, 0.2) is 0 Å². The van der Waals surface area contributed by atoms with E-state index in [4.69, 9.17) is 16.3 Å². The first-order valence-electron chi connectivity index (χ1n) is 4.25. The van der Waals surface area contributed by atoms with Gasteiger partial charge in [-0.25, -0.2) is 0 Å². The van der Waals surface area contributed by atoms with Gasteiger partial charge in [0, 0.05) is 10.4 Å². The van der Waals surface area contributed by atoms with Crippen molar-refractivity contribution in [3.05, 3.63) is 28.8 Å². The molecule has 1 aromatic carbocycles. The van der Waals surface area contributed by atoms with Gasteiger partial charge in [-0.05, 0) is 24.1 Å². The van der Waals surface area contributed by atoms with Gasteiger partial charge in [-0.15, -0.1) is 0 Å². The largest absolute Gasteiger partial charge is 0.494 e. The average Bonchev–Trinajstić information content (AvgIpc) is 2.15. The molecule has 0 bridgehead atoms. The molecule has 0 N–H and O–H groups in total. The maximum atomic E-state index is 6.00. The molecule has 3 heteroatoms. The van der Waals surface area contributed by atoms with E-state index in [1.54, 1.807) is 0 Å². The lowest BCUT2D eigenvalue weighted by Crippen LogP contribution is -1.95. The molecule has 0 amide bonds. The van der Waals surface area contributed by atoms with Crippen molar-refractivity contribution in [3.8, 4) is 5.75 Å². The fourth-order valence-electron chi connectivity index (χ4n) is 0.946. The number of rotatable bonds is 4. The van der Waals surface area contributed by atoms with Gasteiger partial charge >= 0.3 is 0 Å². The van der Waals surface area contributed by atoms with Crippen LogP contribution in [-0.4, -0.2) is 6.61 Å². The van der Waals surface area contributed by atoms with Crippen molar-refractivity contribution in [3.63, 3.8) is 0 Å². The van der Waals surface area contributed by atoms with Crippen LogP contribution >= 0.6 is 27.5 Å². The van der Waals surface area contributed by atoms with Crippen LogP contribution in [-0.2, 0) is 5.33 Å². The summed E-state index contributed by atoms with van der Waals surface area (Å²) < 4.78 is 5.44. The number of benzene rings is 1. The van der Waals surface area contributed by atoms with Crippen LogP contribution in [0.25, 0.3) is 0 Å². The third kappa shape index (κ3) is 3.20. The minimum absolute atomic E-state index is 0.740. The fraction of sp³-hybridized carbons (Fsp3) is 0.400. The lowest BCUT2D eigenvalue weighted by Gasteiger charge is -2.06. The highest BCUT2D eigenvalue weighted by molar-refractivity contribution is 9.08. The lowest BCUT2D eigenvalue weighted by molar-refractivity contribution is 0.317. The van der Waals surface area contributed by atoms with Gasteiger partial charge in [0.05, 0.1) is 6.61 Å². The topological polar surface area (TPSA) is 9.23 Å². The van der Waals surface area contributed by atoms with Gasteiger partial charge in [0.1, 0.15) is 5.75 Å². The van der Waals surface area contributed by atoms with Crippen molar-refractivity contribution >= 4 is 27.5 Å². The SMILES string of the molecule is CCCOc1ccc(CBr)c(Cl)c1. The molecule has 0 saturated heterocycles. The fourth-order valence-corrected chi connectivity index (χ4v) is 1.83. The van der Waals surface area contributed by atoms with E-state index in [-0.39, 0.29) is 0 Å². The van der Waals surface area contributed by atoms with Gasteiger partial charge in [-0.2, -0.15) is 0 Å². The number of hydrogen-bond donors (Lipinski definition) is 0. The molecule has 0 fully saturated rings. The third-order valence-electron chi connectivity index (χ3n) is 1.64. The first-order valence-corrected chi connectivity index (χ1v) is 5.75. The van der Waals surface area contributed by atoms with Crippen molar-refractivity contribution in [2.24, 2.45) is 0 Å². The maximum Gasteiger partial charge on any atom is 0.120 e. The molecular weight excluding hydrogens is 251 g/mol. The molecule has 0 saturated carbocycles. The van der Waals surface area contributed by atoms with Crippen LogP contribution in [0, 0.1) is 0 Å². The molecule has 0 atom stereocenters. The second-order valence-corrected chi connectivity index (χ2v) is 3.70. The number of alkyl halides is 1. The molecule has 0 aliphatic rings. The van der Waals surface area contributed by atoms with E-state index in [1.165, 1.54) is 0 Å². The van der Waals surface area contributed by atoms with E-state index in [1.807, 2.05) is 18.2 Å². The standard InChI is InChI=1S/C10H12BrClO/c1-2-5-13-9-4-3-8(7-11)10(12)6-9/h3-4,6H,2,5,7H2,1H3. The molecule has 0 unspecified atom stereocenters. The normalized spacial score (nSPS) is 10.1. The van der Waals surface area contributed by atoms with Gasteiger partial charge in [-0.3, -0.25) is 0 Å². The van der Waals surface area contributed by atoms with Crippen LogP contribution < -0.4 is 4.74 Å². The van der Waals surface area contributed by atoms with Crippen LogP contribution in [0.5, 0.6) is 5.75 Å². The molecule has 0 radical (unpaired) electrons. The molecule has 0 aliphatic heterocycles. The summed E-state index contributed by atoms with van der Waals surface area (Å²) in [7, 11) is 0. The molecule has 1 nitrogen and oxygen atoms in total. The van der Waals surface area contributed by atoms with E-state index < -0.39 is 0 Å². The summed E-state index contributed by atoms with van der Waals surface area (Å²) in [6.45, 7) is 2.82. The van der Waals surface area contributed by atoms with Crippen LogP contribution in [0.2, 0.25) is 5.02 Å². The zero-order valence-electron chi connectivity index (χ0n) is 7.52. The average molecular weight is 264 g/mol. The Morgan fingerprint density at radius 1 is 1.46 bits per heavy atom. The Morgan fingerprint density at radius 3 is 2.77 bits per heavy atom. The summed E-state index contributed by atoms with van der Waals surface area (Å²) in [5, 5.41) is 1.53. The first-order chi connectivity index (χ1) is 6.27. The highest BCUT2D eigenvalue weighted by atomic mass is 79.9. The van der Waals surface area contributed by atoms with Crippen molar-refractivity contribution in [2.75, 3.05) is 6.61 Å². The minimum atomic E-state index is 0.740. The van der Waals surface area contributed by atoms with Crippen LogP contribution in [0.1, 0.15) is 18.9 Å². The summed E-state index contributed by atoms with van der Waals surface area (Å²) in [6, 6.07) is 5.77. The molecule has 1 rings (SSSR count). The highest BCUT2D eigenvalue weighted by Gasteiger charge is 2.00. The Morgan fingerprint density at radius 2 is 2.23 bits per heavy atom. The zero-order valence-corrected chi connectivity index (χ0v) is 9.86. The molecule has 0 heterocycles. The first kappa shape index (κ1) is 10.9. The van der Waals surface area contributed by atoms with E-state index in [2.05, 4.69) is 22.9 Å². The maximum absolute atomic E-state index is 6.00. The quantitative estimate of drug-likeness (QED) is 0.746. The van der Waals surface area contributed by atoms with Crippen molar-refractivity contribution < 1.29 is 4.74 Å². The van der Waals surface area contributed by atoms with Crippen molar-refractivity contribution in [2.45, 2.75) is 18.7 Å². The van der Waals surface area contributed by atoms with Gasteiger partial charge < -0.3 is 4.74 Å². The minimum Gasteiger partial charge on any atom is -0.494 e. The smallest absolute Gasteiger partial charge is 0.120 e. The van der Waals surface area contributed by atoms with Crippen molar-refractivity contribution in [1.82, 2.24) is 0 Å². The Hall–Kier alpha value is -0.210. The summed E-state index contributed by atoms with van der Waals surface area (Å²) in [6.07, 6.45) is 1.01. The lowest BCUT2D eigenvalue weighted by atomic mass is 10.2. The monoisotopic (exact) mass is 262 g/mol. The molecule has 0 aliphatic carbocycles. The second kappa shape index (κ2) is 5.51. The molecule has 0 aromatic heterocycles. The van der Waals surface area contributed by atoms with Gasteiger partial charge in [0.2, 0.25) is 0 Å². The van der Waals surface area contributed by atoms with Crippen molar-refractivity contribution in [1.29, 1.82) is 0 Å². The molecule has 13 heavy (non-hydrogen) atoms. The van der Waals surface area contributed by atoms with Crippen LogP contribution in [0.15, 0.2) is 18.2 Å². The number of halogens is 2.